The summed E-state index contributed by atoms with van der Waals surface area (Å²) in [6.07, 6.45) is 1.72. The van der Waals surface area contributed by atoms with Gasteiger partial charge >= 0.3 is 0 Å². The molecule has 3 heterocycles. The number of benzene rings is 1. The van der Waals surface area contributed by atoms with Crippen molar-refractivity contribution in [2.45, 2.75) is 31.3 Å². The number of rotatable bonds is 5. The zero-order valence-electron chi connectivity index (χ0n) is 15.3. The van der Waals surface area contributed by atoms with E-state index >= 15 is 0 Å². The standard InChI is InChI=1S/C19H17BrN4O2S2/c1-11(2)9-24-17(26)14-7-12(20)3-4-15(14)22-19(24)28-10-13-8-16(25)23-5-6-27-18(23)21-13/h3-8,11H,9-10H2,1-2H3. The maximum atomic E-state index is 13.1. The van der Waals surface area contributed by atoms with Crippen molar-refractivity contribution in [2.75, 3.05) is 0 Å². The molecule has 0 saturated heterocycles. The predicted octanol–water partition coefficient (Wildman–Crippen LogP) is 4.18. The van der Waals surface area contributed by atoms with Gasteiger partial charge in [-0.2, -0.15) is 0 Å². The van der Waals surface area contributed by atoms with Crippen LogP contribution in [0.25, 0.3) is 15.9 Å². The first-order chi connectivity index (χ1) is 13.4. The number of hydrogen-bond donors (Lipinski definition) is 0. The smallest absolute Gasteiger partial charge is 0.262 e. The van der Waals surface area contributed by atoms with E-state index in [9.17, 15) is 9.59 Å². The summed E-state index contributed by atoms with van der Waals surface area (Å²) in [5.74, 6) is 0.768. The summed E-state index contributed by atoms with van der Waals surface area (Å²) in [6, 6.07) is 7.06. The van der Waals surface area contributed by atoms with Crippen molar-refractivity contribution < 1.29 is 0 Å². The van der Waals surface area contributed by atoms with E-state index in [1.165, 1.54) is 33.6 Å². The van der Waals surface area contributed by atoms with E-state index in [4.69, 9.17) is 4.98 Å². The number of hydrogen-bond acceptors (Lipinski definition) is 6. The first-order valence-corrected chi connectivity index (χ1v) is 11.4. The molecule has 4 aromatic rings. The normalized spacial score (nSPS) is 11.7. The van der Waals surface area contributed by atoms with Crippen molar-refractivity contribution in [3.8, 4) is 0 Å². The Bertz CT molecular complexity index is 1290. The lowest BCUT2D eigenvalue weighted by Crippen LogP contribution is -2.25. The lowest BCUT2D eigenvalue weighted by Gasteiger charge is -2.15. The van der Waals surface area contributed by atoms with Crippen molar-refractivity contribution in [1.82, 2.24) is 18.9 Å². The van der Waals surface area contributed by atoms with Gasteiger partial charge in [0.1, 0.15) is 0 Å². The molecular weight excluding hydrogens is 460 g/mol. The molecule has 0 spiro atoms. The average molecular weight is 477 g/mol. The summed E-state index contributed by atoms with van der Waals surface area (Å²) < 4.78 is 4.10. The Morgan fingerprint density at radius 2 is 2.04 bits per heavy atom. The van der Waals surface area contributed by atoms with Crippen molar-refractivity contribution in [3.63, 3.8) is 0 Å². The molecule has 6 nitrogen and oxygen atoms in total. The van der Waals surface area contributed by atoms with Crippen LogP contribution in [0.3, 0.4) is 0 Å². The van der Waals surface area contributed by atoms with Gasteiger partial charge in [0.25, 0.3) is 11.1 Å². The summed E-state index contributed by atoms with van der Waals surface area (Å²) in [5, 5.41) is 3.07. The van der Waals surface area contributed by atoms with Gasteiger partial charge in [-0.25, -0.2) is 9.97 Å². The molecule has 0 aliphatic heterocycles. The molecule has 4 rings (SSSR count). The summed E-state index contributed by atoms with van der Waals surface area (Å²) in [4.78, 5) is 35.2. The van der Waals surface area contributed by atoms with E-state index in [1.54, 1.807) is 10.8 Å². The maximum absolute atomic E-state index is 13.1. The number of halogens is 1. The van der Waals surface area contributed by atoms with Crippen molar-refractivity contribution in [2.24, 2.45) is 5.92 Å². The molecular formula is C19H17BrN4O2S2. The molecule has 0 amide bonds. The minimum Gasteiger partial charge on any atom is -0.287 e. The Hall–Kier alpha value is -1.97. The molecule has 0 radical (unpaired) electrons. The monoisotopic (exact) mass is 476 g/mol. The van der Waals surface area contributed by atoms with Crippen LogP contribution in [-0.2, 0) is 12.3 Å². The Kier molecular flexibility index (Phi) is 5.39. The highest BCUT2D eigenvalue weighted by atomic mass is 79.9. The fourth-order valence-corrected chi connectivity index (χ4v) is 4.91. The molecule has 144 valence electrons. The average Bonchev–Trinajstić information content (AvgIpc) is 3.12. The molecule has 1 aromatic carbocycles. The molecule has 0 atom stereocenters. The molecule has 0 bridgehead atoms. The number of thiazole rings is 1. The molecule has 28 heavy (non-hydrogen) atoms. The molecule has 0 fully saturated rings. The fourth-order valence-electron chi connectivity index (χ4n) is 2.91. The van der Waals surface area contributed by atoms with Crippen LogP contribution in [-0.4, -0.2) is 18.9 Å². The van der Waals surface area contributed by atoms with Gasteiger partial charge in [-0.15, -0.1) is 11.3 Å². The lowest BCUT2D eigenvalue weighted by atomic mass is 10.2. The van der Waals surface area contributed by atoms with Crippen LogP contribution in [0.5, 0.6) is 0 Å². The lowest BCUT2D eigenvalue weighted by molar-refractivity contribution is 0.475. The van der Waals surface area contributed by atoms with Crippen LogP contribution in [0, 0.1) is 5.92 Å². The molecule has 3 aromatic heterocycles. The highest BCUT2D eigenvalue weighted by Gasteiger charge is 2.14. The van der Waals surface area contributed by atoms with Gasteiger partial charge in [0.05, 0.1) is 16.6 Å². The second-order valence-electron chi connectivity index (χ2n) is 6.80. The highest BCUT2D eigenvalue weighted by molar-refractivity contribution is 9.10. The van der Waals surface area contributed by atoms with Crippen LogP contribution in [0.4, 0.5) is 0 Å². The van der Waals surface area contributed by atoms with Gasteiger partial charge in [0.2, 0.25) is 0 Å². The molecule has 0 unspecified atom stereocenters. The van der Waals surface area contributed by atoms with Gasteiger partial charge in [0.15, 0.2) is 10.1 Å². The predicted molar refractivity (Wildman–Crippen MR) is 117 cm³/mol. The number of fused-ring (bicyclic) bond motifs is 2. The third kappa shape index (κ3) is 3.78. The quantitative estimate of drug-likeness (QED) is 0.319. The minimum atomic E-state index is -0.0993. The van der Waals surface area contributed by atoms with Crippen LogP contribution in [0.1, 0.15) is 19.5 Å². The third-order valence-electron chi connectivity index (χ3n) is 4.13. The number of nitrogens with zero attached hydrogens (tertiary/aromatic N) is 4. The van der Waals surface area contributed by atoms with Crippen molar-refractivity contribution in [1.29, 1.82) is 0 Å². The second kappa shape index (κ2) is 7.81. The third-order valence-corrected chi connectivity index (χ3v) is 6.39. The summed E-state index contributed by atoms with van der Waals surface area (Å²) in [5.41, 5.74) is 1.19. The summed E-state index contributed by atoms with van der Waals surface area (Å²) in [7, 11) is 0. The zero-order chi connectivity index (χ0) is 19.8. The SMILES string of the molecule is CC(C)Cn1c(SCc2cc(=O)n3ccsc3n2)nc2ccc(Br)cc2c1=O. The molecule has 9 heteroatoms. The van der Waals surface area contributed by atoms with Gasteiger partial charge in [-0.05, 0) is 24.1 Å². The van der Waals surface area contributed by atoms with E-state index < -0.39 is 0 Å². The van der Waals surface area contributed by atoms with Crippen LogP contribution >= 0.6 is 39.0 Å². The zero-order valence-corrected chi connectivity index (χ0v) is 18.5. The molecule has 0 aliphatic rings. The second-order valence-corrected chi connectivity index (χ2v) is 9.53. The van der Waals surface area contributed by atoms with Gasteiger partial charge < -0.3 is 0 Å². The minimum absolute atomic E-state index is 0.0516. The fraction of sp³-hybridized carbons (Fsp3) is 0.263. The van der Waals surface area contributed by atoms with E-state index in [0.29, 0.717) is 44.9 Å². The Balaban J connectivity index is 1.74. The topological polar surface area (TPSA) is 69.3 Å². The van der Waals surface area contributed by atoms with Crippen LogP contribution in [0.15, 0.2) is 55.1 Å². The van der Waals surface area contributed by atoms with E-state index in [-0.39, 0.29) is 11.1 Å². The highest BCUT2D eigenvalue weighted by Crippen LogP contribution is 2.24. The molecule has 0 aliphatic carbocycles. The van der Waals surface area contributed by atoms with Gasteiger partial charge in [-0.3, -0.25) is 18.6 Å². The largest absolute Gasteiger partial charge is 0.287 e. The van der Waals surface area contributed by atoms with Crippen LogP contribution in [0.2, 0.25) is 0 Å². The molecule has 0 N–H and O–H groups in total. The van der Waals surface area contributed by atoms with E-state index in [1.807, 2.05) is 23.6 Å². The van der Waals surface area contributed by atoms with E-state index in [0.717, 1.165) is 4.47 Å². The molecule has 0 saturated carbocycles. The Labute approximate surface area is 177 Å². The summed E-state index contributed by atoms with van der Waals surface area (Å²) >= 11 is 6.28. The first-order valence-electron chi connectivity index (χ1n) is 8.71. The maximum Gasteiger partial charge on any atom is 0.262 e. The van der Waals surface area contributed by atoms with Crippen molar-refractivity contribution >= 4 is 54.9 Å². The van der Waals surface area contributed by atoms with Gasteiger partial charge in [-0.1, -0.05) is 41.5 Å². The number of thioether (sulfide) groups is 1. The first kappa shape index (κ1) is 19.4. The van der Waals surface area contributed by atoms with Gasteiger partial charge in [0, 0.05) is 34.4 Å². The van der Waals surface area contributed by atoms with E-state index in [2.05, 4.69) is 34.8 Å². The Morgan fingerprint density at radius 3 is 2.82 bits per heavy atom. The van der Waals surface area contributed by atoms with Crippen molar-refractivity contribution in [3.05, 3.63) is 66.7 Å². The summed E-state index contributed by atoms with van der Waals surface area (Å²) in [6.45, 7) is 4.72. The van der Waals surface area contributed by atoms with Crippen LogP contribution < -0.4 is 11.1 Å². The number of aromatic nitrogens is 4. The Morgan fingerprint density at radius 1 is 1.21 bits per heavy atom.